The highest BCUT2D eigenvalue weighted by molar-refractivity contribution is 7.13. The molecule has 6 nitrogen and oxygen atoms in total. The van der Waals surface area contributed by atoms with E-state index in [9.17, 15) is 9.59 Å². The molecule has 0 bridgehead atoms. The van der Waals surface area contributed by atoms with Crippen LogP contribution < -0.4 is 5.32 Å². The maximum atomic E-state index is 12.7. The van der Waals surface area contributed by atoms with E-state index >= 15 is 0 Å². The average molecular weight is 369 g/mol. The van der Waals surface area contributed by atoms with Gasteiger partial charge >= 0.3 is 5.97 Å². The summed E-state index contributed by atoms with van der Waals surface area (Å²) in [4.78, 5) is 25.4. The van der Waals surface area contributed by atoms with Gasteiger partial charge in [-0.3, -0.25) is 4.79 Å². The number of amides is 1. The monoisotopic (exact) mass is 369 g/mol. The molecule has 0 aliphatic heterocycles. The Labute approximate surface area is 155 Å². The Morgan fingerprint density at radius 1 is 1.23 bits per heavy atom. The molecule has 1 atom stereocenters. The van der Waals surface area contributed by atoms with Gasteiger partial charge in [0.2, 0.25) is 0 Å². The van der Waals surface area contributed by atoms with E-state index in [1.807, 2.05) is 54.8 Å². The van der Waals surface area contributed by atoms with Gasteiger partial charge in [-0.05, 0) is 37.4 Å². The number of rotatable bonds is 6. The Morgan fingerprint density at radius 2 is 2.00 bits per heavy atom. The molecule has 3 aromatic rings. The highest BCUT2D eigenvalue weighted by atomic mass is 32.1. The van der Waals surface area contributed by atoms with Crippen LogP contribution in [0.1, 0.15) is 24.2 Å². The first-order chi connectivity index (χ1) is 12.6. The average Bonchev–Trinajstić information content (AvgIpc) is 3.32. The van der Waals surface area contributed by atoms with Crippen molar-refractivity contribution < 1.29 is 14.3 Å². The molecule has 1 amide bonds. The molecule has 0 aliphatic rings. The van der Waals surface area contributed by atoms with Crippen molar-refractivity contribution in [2.75, 3.05) is 6.54 Å². The smallest absolute Gasteiger partial charge is 0.342 e. The first-order valence-electron chi connectivity index (χ1n) is 8.27. The fraction of sp³-hybridized carbons (Fsp3) is 0.211. The summed E-state index contributed by atoms with van der Waals surface area (Å²) in [6.45, 7) is 3.84. The van der Waals surface area contributed by atoms with E-state index in [-0.39, 0.29) is 5.91 Å². The Morgan fingerprint density at radius 3 is 2.65 bits per heavy atom. The van der Waals surface area contributed by atoms with Crippen molar-refractivity contribution in [1.82, 2.24) is 15.1 Å². The van der Waals surface area contributed by atoms with Crippen LogP contribution in [-0.4, -0.2) is 34.3 Å². The fourth-order valence-electron chi connectivity index (χ4n) is 2.43. The van der Waals surface area contributed by atoms with Gasteiger partial charge in [0.1, 0.15) is 11.3 Å². The number of carbonyl (C=O) groups excluding carboxylic acids is 2. The van der Waals surface area contributed by atoms with Crippen LogP contribution in [-0.2, 0) is 9.53 Å². The van der Waals surface area contributed by atoms with Crippen LogP contribution in [0.25, 0.3) is 16.3 Å². The minimum absolute atomic E-state index is 0.325. The van der Waals surface area contributed by atoms with E-state index in [1.165, 1.54) is 11.3 Å². The molecule has 0 unspecified atom stereocenters. The third-order valence-corrected chi connectivity index (χ3v) is 4.59. The molecule has 3 rings (SSSR count). The lowest BCUT2D eigenvalue weighted by Gasteiger charge is -2.12. The molecule has 2 heterocycles. The molecular formula is C19H19N3O3S. The molecule has 0 spiro atoms. The van der Waals surface area contributed by atoms with Gasteiger partial charge in [-0.15, -0.1) is 11.3 Å². The number of carbonyl (C=O) groups is 2. The Kier molecular flexibility index (Phi) is 5.48. The van der Waals surface area contributed by atoms with Crippen molar-refractivity contribution in [2.24, 2.45) is 0 Å². The zero-order valence-corrected chi connectivity index (χ0v) is 15.3. The summed E-state index contributed by atoms with van der Waals surface area (Å²) < 4.78 is 6.98. The Hall–Kier alpha value is -2.93. The second-order valence-corrected chi connectivity index (χ2v) is 6.54. The Balaban J connectivity index is 1.93. The summed E-state index contributed by atoms with van der Waals surface area (Å²) in [5.74, 6) is -0.900. The largest absolute Gasteiger partial charge is 0.449 e. The number of hydrogen-bond acceptors (Lipinski definition) is 5. The molecule has 0 aliphatic carbocycles. The zero-order valence-electron chi connectivity index (χ0n) is 14.5. The van der Waals surface area contributed by atoms with Gasteiger partial charge in [-0.25, -0.2) is 9.48 Å². The van der Waals surface area contributed by atoms with Crippen molar-refractivity contribution >= 4 is 23.2 Å². The number of likely N-dealkylation sites (N-methyl/N-ethyl adjacent to an activating group) is 1. The van der Waals surface area contributed by atoms with Crippen LogP contribution in [0.15, 0.2) is 54.0 Å². The van der Waals surface area contributed by atoms with Gasteiger partial charge in [0.05, 0.1) is 10.6 Å². The van der Waals surface area contributed by atoms with Crippen LogP contribution in [0.3, 0.4) is 0 Å². The molecule has 1 aromatic carbocycles. The summed E-state index contributed by atoms with van der Waals surface area (Å²) in [5, 5.41) is 9.12. The summed E-state index contributed by atoms with van der Waals surface area (Å²) in [5.41, 5.74) is 1.70. The maximum Gasteiger partial charge on any atom is 0.342 e. The van der Waals surface area contributed by atoms with E-state index in [2.05, 4.69) is 10.4 Å². The number of aromatic nitrogens is 2. The second kappa shape index (κ2) is 7.97. The maximum absolute atomic E-state index is 12.7. The standard InChI is InChI=1S/C19H19N3O3S/c1-3-20-18(23)13(2)25-19(24)15-12-22(14-8-5-4-6-9-14)21-17(15)16-10-7-11-26-16/h4-13H,3H2,1-2H3,(H,20,23)/t13-/m0/s1. The number of esters is 1. The van der Waals surface area contributed by atoms with Gasteiger partial charge < -0.3 is 10.1 Å². The second-order valence-electron chi connectivity index (χ2n) is 5.59. The molecule has 0 fully saturated rings. The molecule has 2 aromatic heterocycles. The predicted molar refractivity (Wildman–Crippen MR) is 100 cm³/mol. The van der Waals surface area contributed by atoms with E-state index in [4.69, 9.17) is 4.74 Å². The van der Waals surface area contributed by atoms with E-state index < -0.39 is 12.1 Å². The van der Waals surface area contributed by atoms with Gasteiger partial charge in [0.15, 0.2) is 6.10 Å². The lowest BCUT2D eigenvalue weighted by Crippen LogP contribution is -2.35. The van der Waals surface area contributed by atoms with Crippen molar-refractivity contribution in [2.45, 2.75) is 20.0 Å². The van der Waals surface area contributed by atoms with E-state index in [0.717, 1.165) is 10.6 Å². The van der Waals surface area contributed by atoms with Crippen molar-refractivity contribution in [3.05, 3.63) is 59.6 Å². The quantitative estimate of drug-likeness (QED) is 0.677. The molecular weight excluding hydrogens is 350 g/mol. The molecule has 26 heavy (non-hydrogen) atoms. The number of hydrogen-bond donors (Lipinski definition) is 1. The van der Waals surface area contributed by atoms with E-state index in [0.29, 0.717) is 17.8 Å². The first-order valence-corrected chi connectivity index (χ1v) is 9.15. The topological polar surface area (TPSA) is 73.2 Å². The predicted octanol–water partition coefficient (Wildman–Crippen LogP) is 3.28. The van der Waals surface area contributed by atoms with Crippen LogP contribution in [0.5, 0.6) is 0 Å². The first kappa shape index (κ1) is 17.9. The van der Waals surface area contributed by atoms with Crippen LogP contribution >= 0.6 is 11.3 Å². The van der Waals surface area contributed by atoms with Crippen LogP contribution in [0.2, 0.25) is 0 Å². The summed E-state index contributed by atoms with van der Waals surface area (Å²) >= 11 is 1.49. The lowest BCUT2D eigenvalue weighted by molar-refractivity contribution is -0.128. The number of nitrogens with one attached hydrogen (secondary N) is 1. The third-order valence-electron chi connectivity index (χ3n) is 3.71. The molecule has 134 valence electrons. The van der Waals surface area contributed by atoms with Crippen LogP contribution in [0.4, 0.5) is 0 Å². The number of ether oxygens (including phenoxy) is 1. The molecule has 0 saturated heterocycles. The zero-order chi connectivity index (χ0) is 18.5. The minimum Gasteiger partial charge on any atom is -0.449 e. The van der Waals surface area contributed by atoms with Gasteiger partial charge in [0.25, 0.3) is 5.91 Å². The van der Waals surface area contributed by atoms with Crippen LogP contribution in [0, 0.1) is 0 Å². The molecule has 7 heteroatoms. The van der Waals surface area contributed by atoms with Gasteiger partial charge in [-0.1, -0.05) is 24.3 Å². The van der Waals surface area contributed by atoms with Crippen molar-refractivity contribution in [1.29, 1.82) is 0 Å². The highest BCUT2D eigenvalue weighted by Gasteiger charge is 2.24. The lowest BCUT2D eigenvalue weighted by atomic mass is 10.2. The van der Waals surface area contributed by atoms with Crippen molar-refractivity contribution in [3.63, 3.8) is 0 Å². The Bertz CT molecular complexity index is 888. The normalized spacial score (nSPS) is 11.8. The molecule has 1 N–H and O–H groups in total. The van der Waals surface area contributed by atoms with E-state index in [1.54, 1.807) is 17.8 Å². The number of para-hydroxylation sites is 1. The third kappa shape index (κ3) is 3.83. The molecule has 0 saturated carbocycles. The summed E-state index contributed by atoms with van der Waals surface area (Å²) in [7, 11) is 0. The molecule has 0 radical (unpaired) electrons. The van der Waals surface area contributed by atoms with Crippen molar-refractivity contribution in [3.8, 4) is 16.3 Å². The number of benzene rings is 1. The highest BCUT2D eigenvalue weighted by Crippen LogP contribution is 2.28. The number of thiophene rings is 1. The summed E-state index contributed by atoms with van der Waals surface area (Å²) in [6, 6.07) is 13.3. The fourth-order valence-corrected chi connectivity index (χ4v) is 3.15. The minimum atomic E-state index is -0.876. The van der Waals surface area contributed by atoms with Gasteiger partial charge in [-0.2, -0.15) is 5.10 Å². The SMILES string of the molecule is CCNC(=O)[C@H](C)OC(=O)c1cn(-c2ccccc2)nc1-c1cccs1. The van der Waals surface area contributed by atoms with Gasteiger partial charge in [0, 0.05) is 12.7 Å². The summed E-state index contributed by atoms with van der Waals surface area (Å²) in [6.07, 6.45) is 0.760. The number of nitrogens with zero attached hydrogens (tertiary/aromatic N) is 2.